The van der Waals surface area contributed by atoms with Crippen molar-refractivity contribution in [2.24, 2.45) is 5.84 Å². The van der Waals surface area contributed by atoms with Gasteiger partial charge in [-0.3, -0.25) is 4.79 Å². The Labute approximate surface area is 126 Å². The number of nitrogen functional groups attached to an aromatic ring is 1. The van der Waals surface area contributed by atoms with Crippen LogP contribution in [-0.2, 0) is 4.79 Å². The van der Waals surface area contributed by atoms with Gasteiger partial charge in [0.15, 0.2) is 0 Å². The van der Waals surface area contributed by atoms with E-state index in [0.29, 0.717) is 24.0 Å². The highest BCUT2D eigenvalue weighted by Gasteiger charge is 2.15. The maximum Gasteiger partial charge on any atom is 0.239 e. The van der Waals surface area contributed by atoms with Gasteiger partial charge >= 0.3 is 0 Å². The van der Waals surface area contributed by atoms with Crippen molar-refractivity contribution >= 4 is 17.5 Å². The van der Waals surface area contributed by atoms with Gasteiger partial charge in [-0.2, -0.15) is 0 Å². The molecule has 0 saturated heterocycles. The molecule has 21 heavy (non-hydrogen) atoms. The number of nitrogens with zero attached hydrogens (tertiary/aromatic N) is 3. The summed E-state index contributed by atoms with van der Waals surface area (Å²) in [7, 11) is 0. The molecule has 0 bridgehead atoms. The van der Waals surface area contributed by atoms with Gasteiger partial charge in [0, 0.05) is 24.6 Å². The van der Waals surface area contributed by atoms with Crippen molar-refractivity contribution < 1.29 is 4.79 Å². The minimum atomic E-state index is -0.0289. The fourth-order valence-corrected chi connectivity index (χ4v) is 1.84. The van der Waals surface area contributed by atoms with E-state index in [1.54, 1.807) is 6.07 Å². The highest BCUT2D eigenvalue weighted by molar-refractivity contribution is 5.81. The average molecular weight is 294 g/mol. The number of hydrogen-bond acceptors (Lipinski definition) is 6. The summed E-state index contributed by atoms with van der Waals surface area (Å²) in [5.74, 6) is 7.55. The Morgan fingerprint density at radius 1 is 1.33 bits per heavy atom. The Morgan fingerprint density at radius 3 is 2.48 bits per heavy atom. The van der Waals surface area contributed by atoms with Gasteiger partial charge < -0.3 is 15.6 Å². The van der Waals surface area contributed by atoms with Crippen LogP contribution in [0.2, 0.25) is 0 Å². The lowest BCUT2D eigenvalue weighted by molar-refractivity contribution is -0.120. The predicted octanol–water partition coefficient (Wildman–Crippen LogP) is 1.24. The van der Waals surface area contributed by atoms with E-state index in [1.165, 1.54) is 0 Å². The van der Waals surface area contributed by atoms with Crippen LogP contribution in [0.4, 0.5) is 11.6 Å². The Morgan fingerprint density at radius 2 is 2.00 bits per heavy atom. The largest absolute Gasteiger partial charge is 0.352 e. The summed E-state index contributed by atoms with van der Waals surface area (Å²) in [5.41, 5.74) is 2.55. The molecule has 118 valence electrons. The number of carbonyl (C=O) groups is 1. The molecule has 0 saturated carbocycles. The fraction of sp³-hybridized carbons (Fsp3) is 0.643. The lowest BCUT2D eigenvalue weighted by Gasteiger charge is -2.23. The lowest BCUT2D eigenvalue weighted by Crippen LogP contribution is -2.40. The van der Waals surface area contributed by atoms with Crippen molar-refractivity contribution in [3.05, 3.63) is 11.9 Å². The Balaban J connectivity index is 2.98. The fourth-order valence-electron chi connectivity index (χ4n) is 1.84. The third-order valence-electron chi connectivity index (χ3n) is 2.88. The zero-order valence-electron chi connectivity index (χ0n) is 13.5. The zero-order chi connectivity index (χ0) is 16.0. The number of amides is 1. The summed E-state index contributed by atoms with van der Waals surface area (Å²) in [5, 5.41) is 2.88. The lowest BCUT2D eigenvalue weighted by atomic mass is 10.2. The van der Waals surface area contributed by atoms with E-state index in [-0.39, 0.29) is 24.4 Å². The van der Waals surface area contributed by atoms with E-state index in [1.807, 2.05) is 39.5 Å². The molecule has 1 amide bonds. The molecular formula is C14H26N6O. The van der Waals surface area contributed by atoms with E-state index >= 15 is 0 Å². The van der Waals surface area contributed by atoms with E-state index < -0.39 is 0 Å². The number of hydrogen-bond donors (Lipinski definition) is 3. The van der Waals surface area contributed by atoms with Gasteiger partial charge in [-0.1, -0.05) is 13.8 Å². The van der Waals surface area contributed by atoms with E-state index in [9.17, 15) is 4.79 Å². The molecule has 1 aromatic rings. The number of anilines is 2. The van der Waals surface area contributed by atoms with Gasteiger partial charge in [0.05, 0.1) is 6.54 Å². The smallest absolute Gasteiger partial charge is 0.239 e. The van der Waals surface area contributed by atoms with Crippen molar-refractivity contribution in [2.75, 3.05) is 23.4 Å². The van der Waals surface area contributed by atoms with Gasteiger partial charge in [-0.05, 0) is 20.8 Å². The normalized spacial score (nSPS) is 10.9. The van der Waals surface area contributed by atoms with Crippen molar-refractivity contribution in [3.8, 4) is 0 Å². The van der Waals surface area contributed by atoms with Crippen molar-refractivity contribution in [1.29, 1.82) is 0 Å². The van der Waals surface area contributed by atoms with Gasteiger partial charge in [-0.15, -0.1) is 0 Å². The highest BCUT2D eigenvalue weighted by atomic mass is 16.2. The molecule has 0 aromatic carbocycles. The van der Waals surface area contributed by atoms with Crippen LogP contribution in [0.25, 0.3) is 0 Å². The number of hydrazine groups is 1. The molecule has 0 aliphatic rings. The standard InChI is InChI=1S/C14H26N6O/c1-6-20(8-13(21)16-10(4)5)12-7-11(19-15)17-14(18-12)9(2)3/h7,9-10H,6,8,15H2,1-5H3,(H,16,21)(H,17,18,19). The first-order valence-electron chi connectivity index (χ1n) is 7.27. The summed E-state index contributed by atoms with van der Waals surface area (Å²) in [6.07, 6.45) is 0. The first-order valence-corrected chi connectivity index (χ1v) is 7.27. The molecule has 0 fully saturated rings. The molecule has 0 aliphatic carbocycles. The van der Waals surface area contributed by atoms with Gasteiger partial charge in [0.1, 0.15) is 17.5 Å². The summed E-state index contributed by atoms with van der Waals surface area (Å²) in [6, 6.07) is 1.87. The van der Waals surface area contributed by atoms with Crippen LogP contribution in [0, 0.1) is 0 Å². The summed E-state index contributed by atoms with van der Waals surface area (Å²) >= 11 is 0. The maximum atomic E-state index is 11.9. The second-order valence-corrected chi connectivity index (χ2v) is 5.51. The van der Waals surface area contributed by atoms with Gasteiger partial charge in [0.2, 0.25) is 5.91 Å². The number of aromatic nitrogens is 2. The van der Waals surface area contributed by atoms with Crippen LogP contribution in [0.1, 0.15) is 46.4 Å². The first kappa shape index (κ1) is 17.2. The highest BCUT2D eigenvalue weighted by Crippen LogP contribution is 2.19. The van der Waals surface area contributed by atoms with Crippen molar-refractivity contribution in [1.82, 2.24) is 15.3 Å². The molecule has 1 aromatic heterocycles. The minimum absolute atomic E-state index is 0.0289. The molecule has 0 aliphatic heterocycles. The summed E-state index contributed by atoms with van der Waals surface area (Å²) in [6.45, 7) is 10.8. The topological polar surface area (TPSA) is 96.2 Å². The number of likely N-dealkylation sites (N-methyl/N-ethyl adjacent to an activating group) is 1. The predicted molar refractivity (Wildman–Crippen MR) is 85.1 cm³/mol. The quantitative estimate of drug-likeness (QED) is 0.517. The molecule has 0 atom stereocenters. The second kappa shape index (κ2) is 7.78. The number of nitrogens with two attached hydrogens (primary N) is 1. The van der Waals surface area contributed by atoms with E-state index in [2.05, 4.69) is 20.7 Å². The molecule has 0 radical (unpaired) electrons. The number of carbonyl (C=O) groups excluding carboxylic acids is 1. The van der Waals surface area contributed by atoms with Gasteiger partial charge in [0.25, 0.3) is 0 Å². The third-order valence-corrected chi connectivity index (χ3v) is 2.88. The minimum Gasteiger partial charge on any atom is -0.352 e. The van der Waals surface area contributed by atoms with Crippen LogP contribution in [-0.4, -0.2) is 35.0 Å². The van der Waals surface area contributed by atoms with Crippen LogP contribution >= 0.6 is 0 Å². The van der Waals surface area contributed by atoms with Crippen molar-refractivity contribution in [3.63, 3.8) is 0 Å². The zero-order valence-corrected chi connectivity index (χ0v) is 13.5. The van der Waals surface area contributed by atoms with Crippen LogP contribution in [0.5, 0.6) is 0 Å². The molecule has 7 heteroatoms. The molecular weight excluding hydrogens is 268 g/mol. The second-order valence-electron chi connectivity index (χ2n) is 5.51. The van der Waals surface area contributed by atoms with Crippen LogP contribution in [0.15, 0.2) is 6.07 Å². The van der Waals surface area contributed by atoms with E-state index in [0.717, 1.165) is 0 Å². The molecule has 4 N–H and O–H groups in total. The monoisotopic (exact) mass is 294 g/mol. The van der Waals surface area contributed by atoms with E-state index in [4.69, 9.17) is 5.84 Å². The Kier molecular flexibility index (Phi) is 6.36. The molecule has 1 heterocycles. The number of rotatable bonds is 7. The van der Waals surface area contributed by atoms with Crippen LogP contribution < -0.4 is 21.5 Å². The molecule has 0 spiro atoms. The molecule has 7 nitrogen and oxygen atoms in total. The van der Waals surface area contributed by atoms with Crippen LogP contribution in [0.3, 0.4) is 0 Å². The van der Waals surface area contributed by atoms with Gasteiger partial charge in [-0.25, -0.2) is 15.8 Å². The van der Waals surface area contributed by atoms with Crippen molar-refractivity contribution in [2.45, 2.75) is 46.6 Å². The summed E-state index contributed by atoms with van der Waals surface area (Å²) < 4.78 is 0. The SMILES string of the molecule is CCN(CC(=O)NC(C)C)c1cc(NN)nc(C(C)C)n1. The first-order chi connectivity index (χ1) is 9.87. The Hall–Kier alpha value is -1.89. The maximum absolute atomic E-state index is 11.9. The Bertz CT molecular complexity index is 475. The third kappa shape index (κ3) is 5.18. The average Bonchev–Trinajstić information content (AvgIpc) is 2.43. The molecule has 0 unspecified atom stereocenters. The number of nitrogens with one attached hydrogen (secondary N) is 2. The summed E-state index contributed by atoms with van der Waals surface area (Å²) in [4.78, 5) is 22.7. The molecule has 1 rings (SSSR count).